The van der Waals surface area contributed by atoms with Gasteiger partial charge in [-0.3, -0.25) is 9.63 Å². The van der Waals surface area contributed by atoms with E-state index in [1.165, 1.54) is 5.06 Å². The number of benzene rings is 1. The smallest absolute Gasteiger partial charge is 0.291 e. The van der Waals surface area contributed by atoms with Crippen molar-refractivity contribution in [2.24, 2.45) is 0 Å². The maximum absolute atomic E-state index is 13.3. The molecule has 4 nitrogen and oxygen atoms in total. The minimum atomic E-state index is -0.761. The molecule has 1 saturated heterocycles. The summed E-state index contributed by atoms with van der Waals surface area (Å²) in [6, 6.07) is 9.62. The van der Waals surface area contributed by atoms with Crippen molar-refractivity contribution in [1.82, 2.24) is 5.06 Å². The first-order valence-electron chi connectivity index (χ1n) is 9.03. The number of carbonyl (C=O) groups is 1. The molecule has 4 rings (SSSR count). The quantitative estimate of drug-likeness (QED) is 0.835. The van der Waals surface area contributed by atoms with E-state index < -0.39 is 5.60 Å². The van der Waals surface area contributed by atoms with Crippen LogP contribution in [0.4, 0.5) is 0 Å². The highest BCUT2D eigenvalue weighted by molar-refractivity contribution is 5.86. The van der Waals surface area contributed by atoms with Gasteiger partial charge in [-0.1, -0.05) is 61.1 Å². The van der Waals surface area contributed by atoms with Gasteiger partial charge in [0, 0.05) is 0 Å². The highest BCUT2D eigenvalue weighted by Gasteiger charge is 2.52. The van der Waals surface area contributed by atoms with Crippen LogP contribution in [0.5, 0.6) is 0 Å². The van der Waals surface area contributed by atoms with E-state index in [-0.39, 0.29) is 11.9 Å². The van der Waals surface area contributed by atoms with Gasteiger partial charge in [-0.15, -0.1) is 0 Å². The van der Waals surface area contributed by atoms with E-state index in [1.807, 2.05) is 60.7 Å². The van der Waals surface area contributed by atoms with Crippen molar-refractivity contribution >= 4 is 5.91 Å². The molecule has 1 amide bonds. The lowest BCUT2D eigenvalue weighted by Crippen LogP contribution is -2.59. The lowest BCUT2D eigenvalue weighted by atomic mass is 9.82. The van der Waals surface area contributed by atoms with E-state index in [0.717, 1.165) is 43.4 Å². The van der Waals surface area contributed by atoms with Crippen LogP contribution in [0.3, 0.4) is 0 Å². The van der Waals surface area contributed by atoms with Gasteiger partial charge in [-0.2, -0.15) is 0 Å². The number of morpholine rings is 1. The van der Waals surface area contributed by atoms with Crippen molar-refractivity contribution in [2.45, 2.75) is 50.4 Å². The molecule has 1 atom stereocenters. The third-order valence-corrected chi connectivity index (χ3v) is 5.10. The molecule has 130 valence electrons. The molecule has 25 heavy (non-hydrogen) atoms. The zero-order chi connectivity index (χ0) is 17.1. The molecule has 1 aliphatic heterocycles. The van der Waals surface area contributed by atoms with Crippen LogP contribution < -0.4 is 0 Å². The van der Waals surface area contributed by atoms with Gasteiger partial charge in [0.1, 0.15) is 18.4 Å². The Morgan fingerprint density at radius 2 is 1.88 bits per heavy atom. The summed E-state index contributed by atoms with van der Waals surface area (Å²) >= 11 is 0. The average Bonchev–Trinajstić information content (AvgIpc) is 2.89. The summed E-state index contributed by atoms with van der Waals surface area (Å²) in [5.74, 6) is 0.747. The topological polar surface area (TPSA) is 38.8 Å². The van der Waals surface area contributed by atoms with E-state index in [9.17, 15) is 4.79 Å². The van der Waals surface area contributed by atoms with Crippen molar-refractivity contribution in [3.05, 3.63) is 72.0 Å². The van der Waals surface area contributed by atoms with Crippen LogP contribution in [-0.2, 0) is 21.0 Å². The normalized spacial score (nSPS) is 24.5. The molecule has 0 radical (unpaired) electrons. The molecule has 3 aliphatic rings. The summed E-state index contributed by atoms with van der Waals surface area (Å²) in [6.07, 6.45) is 14.4. The van der Waals surface area contributed by atoms with Crippen LogP contribution in [0.25, 0.3) is 0 Å². The van der Waals surface area contributed by atoms with Gasteiger partial charge in [0.2, 0.25) is 0 Å². The third-order valence-electron chi connectivity index (χ3n) is 5.10. The molecular weight excluding hydrogens is 314 g/mol. The van der Waals surface area contributed by atoms with Crippen LogP contribution in [0.15, 0.2) is 66.5 Å². The van der Waals surface area contributed by atoms with Crippen molar-refractivity contribution in [1.29, 1.82) is 0 Å². The van der Waals surface area contributed by atoms with Gasteiger partial charge in [-0.05, 0) is 37.3 Å². The number of carbonyl (C=O) groups excluding carboxylic acids is 1. The maximum Gasteiger partial charge on any atom is 0.291 e. The molecule has 0 aromatic heterocycles. The van der Waals surface area contributed by atoms with E-state index >= 15 is 0 Å². The number of amides is 1. The first-order chi connectivity index (χ1) is 12.3. The highest BCUT2D eigenvalue weighted by Crippen LogP contribution is 2.41. The Hall–Kier alpha value is -2.33. The van der Waals surface area contributed by atoms with E-state index in [2.05, 4.69) is 0 Å². The Morgan fingerprint density at radius 1 is 1.08 bits per heavy atom. The Labute approximate surface area is 148 Å². The van der Waals surface area contributed by atoms with Crippen LogP contribution in [0.2, 0.25) is 0 Å². The summed E-state index contributed by atoms with van der Waals surface area (Å²) in [5, 5.41) is 1.54. The van der Waals surface area contributed by atoms with Crippen LogP contribution in [0, 0.1) is 0 Å². The zero-order valence-electron chi connectivity index (χ0n) is 14.3. The van der Waals surface area contributed by atoms with Gasteiger partial charge < -0.3 is 4.74 Å². The summed E-state index contributed by atoms with van der Waals surface area (Å²) in [5.41, 5.74) is 0.282. The molecule has 1 heterocycles. The Bertz CT molecular complexity index is 714. The van der Waals surface area contributed by atoms with E-state index in [0.29, 0.717) is 6.61 Å². The van der Waals surface area contributed by atoms with E-state index in [1.54, 1.807) is 0 Å². The molecule has 0 N–H and O–H groups in total. The van der Waals surface area contributed by atoms with Crippen molar-refractivity contribution < 1.29 is 14.4 Å². The Kier molecular flexibility index (Phi) is 4.45. The predicted octanol–water partition coefficient (Wildman–Crippen LogP) is 4.06. The number of hydrogen-bond acceptors (Lipinski definition) is 3. The van der Waals surface area contributed by atoms with Crippen LogP contribution in [-0.4, -0.2) is 22.6 Å². The van der Waals surface area contributed by atoms with Crippen LogP contribution >= 0.6 is 0 Å². The minimum Gasteiger partial charge on any atom is -0.479 e. The SMILES string of the molecule is O=C1N(OCc2ccccc2)C2C=CC=CC=C2OC12CCCCC2. The fourth-order valence-electron chi connectivity index (χ4n) is 3.76. The highest BCUT2D eigenvalue weighted by atomic mass is 16.7. The van der Waals surface area contributed by atoms with Gasteiger partial charge in [0.15, 0.2) is 5.60 Å². The zero-order valence-corrected chi connectivity index (χ0v) is 14.3. The molecule has 1 unspecified atom stereocenters. The second-order valence-electron chi connectivity index (χ2n) is 6.83. The molecule has 2 fully saturated rings. The standard InChI is InChI=1S/C21H23NO3/c23-20-21(14-8-3-9-15-21)25-19-13-7-2-6-12-18(19)22(20)24-16-17-10-4-1-5-11-17/h1-2,4-7,10-13,18H,3,8-9,14-16H2. The number of rotatable bonds is 3. The molecule has 1 aromatic rings. The van der Waals surface area contributed by atoms with Gasteiger partial charge in [0.25, 0.3) is 5.91 Å². The largest absolute Gasteiger partial charge is 0.479 e. The van der Waals surface area contributed by atoms with Gasteiger partial charge >= 0.3 is 0 Å². The van der Waals surface area contributed by atoms with E-state index in [4.69, 9.17) is 9.57 Å². The number of allylic oxidation sites excluding steroid dienone is 4. The lowest BCUT2D eigenvalue weighted by molar-refractivity contribution is -0.238. The van der Waals surface area contributed by atoms with Crippen molar-refractivity contribution in [2.75, 3.05) is 0 Å². The number of nitrogens with zero attached hydrogens (tertiary/aromatic N) is 1. The second kappa shape index (κ2) is 6.89. The third kappa shape index (κ3) is 3.14. The number of fused-ring (bicyclic) bond motifs is 1. The Morgan fingerprint density at radius 3 is 2.68 bits per heavy atom. The molecule has 4 heteroatoms. The van der Waals surface area contributed by atoms with Crippen LogP contribution in [0.1, 0.15) is 37.7 Å². The minimum absolute atomic E-state index is 0.0446. The number of hydroxylamine groups is 2. The molecule has 0 bridgehead atoms. The van der Waals surface area contributed by atoms with Gasteiger partial charge in [0.05, 0.1) is 0 Å². The fraction of sp³-hybridized carbons (Fsp3) is 0.381. The van der Waals surface area contributed by atoms with Gasteiger partial charge in [-0.25, -0.2) is 5.06 Å². The number of hydrogen-bond donors (Lipinski definition) is 0. The molecular formula is C21H23NO3. The summed E-state index contributed by atoms with van der Waals surface area (Å²) in [6.45, 7) is 0.369. The fourth-order valence-corrected chi connectivity index (χ4v) is 3.76. The monoisotopic (exact) mass is 337 g/mol. The predicted molar refractivity (Wildman–Crippen MR) is 95.1 cm³/mol. The van der Waals surface area contributed by atoms with Crippen molar-refractivity contribution in [3.63, 3.8) is 0 Å². The Balaban J connectivity index is 1.62. The summed E-state index contributed by atoms with van der Waals surface area (Å²) in [7, 11) is 0. The summed E-state index contributed by atoms with van der Waals surface area (Å²) in [4.78, 5) is 19.3. The molecule has 1 saturated carbocycles. The second-order valence-corrected chi connectivity index (χ2v) is 6.83. The lowest BCUT2D eigenvalue weighted by Gasteiger charge is -2.47. The number of ether oxygens (including phenoxy) is 1. The molecule has 1 spiro atoms. The summed E-state index contributed by atoms with van der Waals surface area (Å²) < 4.78 is 6.28. The average molecular weight is 337 g/mol. The van der Waals surface area contributed by atoms with Crippen molar-refractivity contribution in [3.8, 4) is 0 Å². The first-order valence-corrected chi connectivity index (χ1v) is 9.03. The maximum atomic E-state index is 13.3. The molecule has 1 aromatic carbocycles. The first kappa shape index (κ1) is 16.2. The molecule has 2 aliphatic carbocycles.